The Morgan fingerprint density at radius 1 is 1.27 bits per heavy atom. The van der Waals surface area contributed by atoms with Crippen LogP contribution in [0.1, 0.15) is 18.2 Å². The number of ether oxygens (including phenoxy) is 1. The lowest BCUT2D eigenvalue weighted by atomic mass is 10.2. The van der Waals surface area contributed by atoms with Crippen molar-refractivity contribution >= 4 is 5.96 Å². The largest absolute Gasteiger partial charge is 0.504 e. The van der Waals surface area contributed by atoms with Crippen LogP contribution in [-0.2, 0) is 13.1 Å². The first-order chi connectivity index (χ1) is 10.7. The Kier molecular flexibility index (Phi) is 5.71. The molecule has 0 radical (unpaired) electrons. The number of phenols is 1. The maximum atomic E-state index is 10.1. The number of hydrogen-bond donors (Lipinski definition) is 3. The van der Waals surface area contributed by atoms with Crippen molar-refractivity contribution in [3.05, 3.63) is 47.9 Å². The maximum absolute atomic E-state index is 10.1. The number of benzene rings is 1. The van der Waals surface area contributed by atoms with Crippen molar-refractivity contribution in [1.29, 1.82) is 0 Å². The molecule has 0 atom stereocenters. The lowest BCUT2D eigenvalue weighted by Gasteiger charge is -2.11. The first-order valence-electron chi connectivity index (χ1n) is 7.14. The number of hydrogen-bond acceptors (Lipinski definition) is 4. The van der Waals surface area contributed by atoms with Crippen molar-refractivity contribution in [2.75, 3.05) is 13.7 Å². The van der Waals surface area contributed by atoms with E-state index in [4.69, 9.17) is 9.15 Å². The molecule has 1 heterocycles. The van der Waals surface area contributed by atoms with E-state index in [0.717, 1.165) is 12.3 Å². The Bertz CT molecular complexity index is 609. The Hall–Kier alpha value is -2.63. The minimum atomic E-state index is 0.121. The number of para-hydroxylation sites is 1. The van der Waals surface area contributed by atoms with Crippen LogP contribution in [0.2, 0.25) is 0 Å². The van der Waals surface area contributed by atoms with Crippen molar-refractivity contribution in [2.45, 2.75) is 20.0 Å². The van der Waals surface area contributed by atoms with Gasteiger partial charge in [0.15, 0.2) is 17.5 Å². The van der Waals surface area contributed by atoms with Crippen LogP contribution in [0.5, 0.6) is 11.5 Å². The summed E-state index contributed by atoms with van der Waals surface area (Å²) in [6.45, 7) is 3.63. The molecule has 0 saturated heterocycles. The quantitative estimate of drug-likeness (QED) is 0.563. The highest BCUT2D eigenvalue weighted by molar-refractivity contribution is 5.79. The van der Waals surface area contributed by atoms with Crippen molar-refractivity contribution in [3.63, 3.8) is 0 Å². The molecule has 1 aromatic carbocycles. The fraction of sp³-hybridized carbons (Fsp3) is 0.312. The minimum Gasteiger partial charge on any atom is -0.504 e. The number of guanidine groups is 1. The average molecular weight is 303 g/mol. The normalized spacial score (nSPS) is 11.3. The van der Waals surface area contributed by atoms with E-state index in [2.05, 4.69) is 15.6 Å². The number of aliphatic imine (C=N–C) groups is 1. The van der Waals surface area contributed by atoms with Crippen LogP contribution in [0.15, 0.2) is 46.0 Å². The predicted octanol–water partition coefficient (Wildman–Crippen LogP) is 2.25. The zero-order valence-corrected chi connectivity index (χ0v) is 12.8. The van der Waals surface area contributed by atoms with Gasteiger partial charge in [-0.1, -0.05) is 12.1 Å². The predicted molar refractivity (Wildman–Crippen MR) is 85.0 cm³/mol. The summed E-state index contributed by atoms with van der Waals surface area (Å²) in [7, 11) is 1.52. The lowest BCUT2D eigenvalue weighted by Crippen LogP contribution is -2.36. The minimum absolute atomic E-state index is 0.121. The van der Waals surface area contributed by atoms with Gasteiger partial charge in [0.1, 0.15) is 5.76 Å². The number of rotatable bonds is 6. The molecule has 0 amide bonds. The number of nitrogens with zero attached hydrogens (tertiary/aromatic N) is 1. The molecule has 2 aromatic rings. The molecule has 0 fully saturated rings. The highest BCUT2D eigenvalue weighted by Gasteiger charge is 2.07. The topological polar surface area (TPSA) is 79.0 Å². The number of furan rings is 1. The zero-order chi connectivity index (χ0) is 15.8. The van der Waals surface area contributed by atoms with E-state index in [1.54, 1.807) is 12.3 Å². The van der Waals surface area contributed by atoms with Crippen LogP contribution >= 0.6 is 0 Å². The molecule has 0 aliphatic heterocycles. The fourth-order valence-corrected chi connectivity index (χ4v) is 1.95. The van der Waals surface area contributed by atoms with Crippen LogP contribution in [-0.4, -0.2) is 24.7 Å². The summed E-state index contributed by atoms with van der Waals surface area (Å²) in [5, 5.41) is 16.4. The molecule has 118 valence electrons. The molecule has 1 aromatic heterocycles. The second-order valence-corrected chi connectivity index (χ2v) is 4.60. The third kappa shape index (κ3) is 4.18. The first kappa shape index (κ1) is 15.8. The Labute approximate surface area is 129 Å². The molecule has 22 heavy (non-hydrogen) atoms. The average Bonchev–Trinajstić information content (AvgIpc) is 3.04. The Balaban J connectivity index is 2.03. The summed E-state index contributed by atoms with van der Waals surface area (Å²) in [6, 6.07) is 9.09. The van der Waals surface area contributed by atoms with E-state index in [-0.39, 0.29) is 5.75 Å². The molecule has 0 aliphatic carbocycles. The number of methoxy groups -OCH3 is 1. The van der Waals surface area contributed by atoms with Crippen molar-refractivity contribution in [3.8, 4) is 11.5 Å². The molecule has 2 rings (SSSR count). The van der Waals surface area contributed by atoms with Gasteiger partial charge >= 0.3 is 0 Å². The molecule has 0 saturated carbocycles. The van der Waals surface area contributed by atoms with Crippen LogP contribution in [0, 0.1) is 0 Å². The summed E-state index contributed by atoms with van der Waals surface area (Å²) in [6.07, 6.45) is 1.63. The summed E-state index contributed by atoms with van der Waals surface area (Å²) in [4.78, 5) is 4.46. The Morgan fingerprint density at radius 3 is 2.82 bits per heavy atom. The standard InChI is InChI=1S/C16H21N3O3/c1-3-17-16(19-11-13-7-5-9-22-13)18-10-12-6-4-8-14(21-2)15(12)20/h4-9,20H,3,10-11H2,1-2H3,(H2,17,18,19). The van der Waals surface area contributed by atoms with Gasteiger partial charge in [-0.2, -0.15) is 0 Å². The monoisotopic (exact) mass is 303 g/mol. The van der Waals surface area contributed by atoms with Gasteiger partial charge in [-0.05, 0) is 25.1 Å². The zero-order valence-electron chi connectivity index (χ0n) is 12.8. The Morgan fingerprint density at radius 2 is 2.14 bits per heavy atom. The number of phenolic OH excluding ortho intramolecular Hbond substituents is 1. The second kappa shape index (κ2) is 7.97. The van der Waals surface area contributed by atoms with Gasteiger partial charge in [-0.25, -0.2) is 4.99 Å². The van der Waals surface area contributed by atoms with Gasteiger partial charge in [-0.15, -0.1) is 0 Å². The SMILES string of the molecule is CCNC(=NCc1cccc(OC)c1O)NCc1ccco1. The fourth-order valence-electron chi connectivity index (χ4n) is 1.95. The van der Waals surface area contributed by atoms with Gasteiger partial charge in [0, 0.05) is 12.1 Å². The molecule has 0 spiro atoms. The molecular weight excluding hydrogens is 282 g/mol. The number of nitrogens with one attached hydrogen (secondary N) is 2. The molecule has 6 heteroatoms. The highest BCUT2D eigenvalue weighted by atomic mass is 16.5. The van der Waals surface area contributed by atoms with Crippen LogP contribution < -0.4 is 15.4 Å². The van der Waals surface area contributed by atoms with Crippen LogP contribution in [0.3, 0.4) is 0 Å². The van der Waals surface area contributed by atoms with Crippen molar-refractivity contribution in [2.24, 2.45) is 4.99 Å². The van der Waals surface area contributed by atoms with E-state index < -0.39 is 0 Å². The van der Waals surface area contributed by atoms with E-state index >= 15 is 0 Å². The van der Waals surface area contributed by atoms with Crippen molar-refractivity contribution in [1.82, 2.24) is 10.6 Å². The third-order valence-corrected chi connectivity index (χ3v) is 3.06. The lowest BCUT2D eigenvalue weighted by molar-refractivity contribution is 0.370. The summed E-state index contributed by atoms with van der Waals surface area (Å²) in [5.74, 6) is 2.05. The van der Waals surface area contributed by atoms with Crippen LogP contribution in [0.4, 0.5) is 0 Å². The summed E-state index contributed by atoms with van der Waals surface area (Å²) in [5.41, 5.74) is 0.703. The van der Waals surface area contributed by atoms with E-state index in [9.17, 15) is 5.11 Å². The van der Waals surface area contributed by atoms with Gasteiger partial charge in [0.25, 0.3) is 0 Å². The van der Waals surface area contributed by atoms with E-state index in [1.807, 2.05) is 31.2 Å². The van der Waals surface area contributed by atoms with E-state index in [1.165, 1.54) is 7.11 Å². The molecule has 0 bridgehead atoms. The first-order valence-corrected chi connectivity index (χ1v) is 7.14. The van der Waals surface area contributed by atoms with Gasteiger partial charge in [0.05, 0.1) is 26.5 Å². The molecule has 0 unspecified atom stereocenters. The third-order valence-electron chi connectivity index (χ3n) is 3.06. The van der Waals surface area contributed by atoms with E-state index in [0.29, 0.717) is 30.4 Å². The van der Waals surface area contributed by atoms with Gasteiger partial charge in [-0.3, -0.25) is 0 Å². The molecular formula is C16H21N3O3. The molecule has 6 nitrogen and oxygen atoms in total. The summed E-state index contributed by atoms with van der Waals surface area (Å²) >= 11 is 0. The number of aromatic hydroxyl groups is 1. The summed E-state index contributed by atoms with van der Waals surface area (Å²) < 4.78 is 10.4. The van der Waals surface area contributed by atoms with Gasteiger partial charge < -0.3 is 24.9 Å². The maximum Gasteiger partial charge on any atom is 0.191 e. The highest BCUT2D eigenvalue weighted by Crippen LogP contribution is 2.29. The van der Waals surface area contributed by atoms with Crippen LogP contribution in [0.25, 0.3) is 0 Å². The smallest absolute Gasteiger partial charge is 0.191 e. The van der Waals surface area contributed by atoms with Crippen molar-refractivity contribution < 1.29 is 14.3 Å². The second-order valence-electron chi connectivity index (χ2n) is 4.60. The van der Waals surface area contributed by atoms with Gasteiger partial charge in [0.2, 0.25) is 0 Å². The molecule has 3 N–H and O–H groups in total. The molecule has 0 aliphatic rings.